The van der Waals surface area contributed by atoms with E-state index in [1.54, 1.807) is 0 Å². The summed E-state index contributed by atoms with van der Waals surface area (Å²) in [5.74, 6) is -0.117. The minimum Gasteiger partial charge on any atom is -0.443 e. The molecule has 3 aliphatic rings. The number of carbonyl (C=O) groups excluding carboxylic acids is 2. The van der Waals surface area contributed by atoms with Gasteiger partial charge in [0.05, 0.1) is 0 Å². The quantitative estimate of drug-likeness (QED) is 0.726. The van der Waals surface area contributed by atoms with Crippen LogP contribution in [0.25, 0.3) is 10.9 Å². The fourth-order valence-electron chi connectivity index (χ4n) is 5.55. The second kappa shape index (κ2) is 7.96. The number of ketones is 1. The number of aryl methyl sites for hydroxylation is 1. The van der Waals surface area contributed by atoms with Crippen LogP contribution in [-0.4, -0.2) is 51.1 Å². The largest absolute Gasteiger partial charge is 0.443 e. The first-order valence-electron chi connectivity index (χ1n) is 11.7. The third kappa shape index (κ3) is 3.39. The van der Waals surface area contributed by atoms with E-state index in [0.29, 0.717) is 19.4 Å². The van der Waals surface area contributed by atoms with Crippen molar-refractivity contribution in [2.45, 2.75) is 57.2 Å². The van der Waals surface area contributed by atoms with Gasteiger partial charge in [0.25, 0.3) is 0 Å². The number of aromatic nitrogens is 1. The molecule has 1 aromatic heterocycles. The van der Waals surface area contributed by atoms with Gasteiger partial charge in [-0.05, 0) is 38.7 Å². The Hall–Kier alpha value is -2.80. The standard InChI is InChI=1S/C25H32N4O3/c1-17-28(13-14-29(17)16-32-24(31)25(26)11-5-6-12-25)15-18-9-10-21-22(23(18)30)19-7-3-4-8-20(19)27(21)2/h3-4,7-8,13-14,17-18H,5-6,9-12,15-16,26H2,1-2H3. The summed E-state index contributed by atoms with van der Waals surface area (Å²) in [6.45, 7) is 2.90. The van der Waals surface area contributed by atoms with Crippen LogP contribution >= 0.6 is 0 Å². The zero-order valence-corrected chi connectivity index (χ0v) is 18.9. The summed E-state index contributed by atoms with van der Waals surface area (Å²) in [5.41, 5.74) is 8.55. The fraction of sp³-hybridized carbons (Fsp3) is 0.520. The Bertz CT molecular complexity index is 1080. The maximum Gasteiger partial charge on any atom is 0.327 e. The van der Waals surface area contributed by atoms with Crippen LogP contribution in [0.4, 0.5) is 0 Å². The molecule has 0 radical (unpaired) electrons. The van der Waals surface area contributed by atoms with Crippen molar-refractivity contribution in [3.63, 3.8) is 0 Å². The van der Waals surface area contributed by atoms with E-state index in [9.17, 15) is 9.59 Å². The highest BCUT2D eigenvalue weighted by atomic mass is 16.5. The van der Waals surface area contributed by atoms with Gasteiger partial charge < -0.3 is 24.8 Å². The van der Waals surface area contributed by atoms with Gasteiger partial charge in [0.1, 0.15) is 11.7 Å². The van der Waals surface area contributed by atoms with Crippen molar-refractivity contribution in [2.75, 3.05) is 13.3 Å². The van der Waals surface area contributed by atoms with Gasteiger partial charge >= 0.3 is 5.97 Å². The number of rotatable bonds is 5. The van der Waals surface area contributed by atoms with Gasteiger partial charge in [0.2, 0.25) is 0 Å². The molecule has 170 valence electrons. The molecule has 0 spiro atoms. The average Bonchev–Trinajstić information content (AvgIpc) is 3.47. The molecular formula is C25H32N4O3. The second-order valence-electron chi connectivity index (χ2n) is 9.56. The number of hydrogen-bond donors (Lipinski definition) is 1. The lowest BCUT2D eigenvalue weighted by Crippen LogP contribution is -2.48. The zero-order chi connectivity index (χ0) is 22.5. The first-order valence-corrected chi connectivity index (χ1v) is 11.7. The van der Waals surface area contributed by atoms with Gasteiger partial charge in [-0.3, -0.25) is 4.79 Å². The smallest absolute Gasteiger partial charge is 0.327 e. The molecule has 32 heavy (non-hydrogen) atoms. The van der Waals surface area contributed by atoms with Crippen molar-refractivity contribution in [3.8, 4) is 0 Å². The summed E-state index contributed by atoms with van der Waals surface area (Å²) in [4.78, 5) is 30.0. The Kier molecular flexibility index (Phi) is 5.24. The number of nitrogens with two attached hydrogens (primary N) is 1. The molecule has 7 nitrogen and oxygen atoms in total. The van der Waals surface area contributed by atoms with Gasteiger partial charge in [-0.1, -0.05) is 31.0 Å². The molecule has 0 saturated heterocycles. The molecule has 2 N–H and O–H groups in total. The number of Topliss-reactive ketones (excluding diaryl/α,β-unsaturated/α-hetero) is 1. The Morgan fingerprint density at radius 2 is 1.91 bits per heavy atom. The van der Waals surface area contributed by atoms with Crippen LogP contribution in [0, 0.1) is 5.92 Å². The summed E-state index contributed by atoms with van der Waals surface area (Å²) < 4.78 is 7.72. The van der Waals surface area contributed by atoms with Crippen molar-refractivity contribution in [1.29, 1.82) is 0 Å². The van der Waals surface area contributed by atoms with Gasteiger partial charge in [-0.25, -0.2) is 4.79 Å². The van der Waals surface area contributed by atoms with E-state index in [4.69, 9.17) is 10.5 Å². The Balaban J connectivity index is 1.23. The maximum atomic E-state index is 13.5. The van der Waals surface area contributed by atoms with Crippen LogP contribution in [0.3, 0.4) is 0 Å². The number of hydrogen-bond acceptors (Lipinski definition) is 6. The highest BCUT2D eigenvalue weighted by molar-refractivity contribution is 6.11. The van der Waals surface area contributed by atoms with Crippen LogP contribution in [0.2, 0.25) is 0 Å². The number of esters is 1. The van der Waals surface area contributed by atoms with Crippen LogP contribution in [0.1, 0.15) is 55.1 Å². The van der Waals surface area contributed by atoms with Gasteiger partial charge in [-0.2, -0.15) is 0 Å². The Morgan fingerprint density at radius 1 is 1.19 bits per heavy atom. The van der Waals surface area contributed by atoms with Gasteiger partial charge in [-0.15, -0.1) is 0 Å². The SMILES string of the molecule is CC1N(COC(=O)C2(N)CCCC2)C=CN1CC1CCc2c(c3ccccc3n2C)C1=O. The van der Waals surface area contributed by atoms with Crippen LogP contribution < -0.4 is 5.73 Å². The summed E-state index contributed by atoms with van der Waals surface area (Å²) in [5, 5.41) is 1.06. The van der Waals surface area contributed by atoms with E-state index in [2.05, 4.69) is 35.6 Å². The molecule has 1 saturated carbocycles. The lowest BCUT2D eigenvalue weighted by atomic mass is 9.84. The van der Waals surface area contributed by atoms with E-state index >= 15 is 0 Å². The van der Waals surface area contributed by atoms with E-state index < -0.39 is 5.54 Å². The van der Waals surface area contributed by atoms with E-state index in [1.165, 1.54) is 0 Å². The predicted octanol–water partition coefficient (Wildman–Crippen LogP) is 3.13. The van der Waals surface area contributed by atoms with Gasteiger partial charge in [0.15, 0.2) is 12.5 Å². The molecule has 2 heterocycles. The molecule has 0 bridgehead atoms. The monoisotopic (exact) mass is 436 g/mol. The van der Waals surface area contributed by atoms with Crippen molar-refractivity contribution in [3.05, 3.63) is 47.9 Å². The van der Waals surface area contributed by atoms with Crippen molar-refractivity contribution in [1.82, 2.24) is 14.4 Å². The van der Waals surface area contributed by atoms with E-state index in [0.717, 1.165) is 47.8 Å². The van der Waals surface area contributed by atoms with Crippen LogP contribution in [-0.2, 0) is 23.0 Å². The molecule has 5 rings (SSSR count). The predicted molar refractivity (Wildman–Crippen MR) is 123 cm³/mol. The number of carbonyl (C=O) groups is 2. The highest BCUT2D eigenvalue weighted by Gasteiger charge is 2.39. The topological polar surface area (TPSA) is 80.8 Å². The highest BCUT2D eigenvalue weighted by Crippen LogP contribution is 2.35. The molecule has 2 atom stereocenters. The lowest BCUT2D eigenvalue weighted by molar-refractivity contribution is -0.155. The first-order chi connectivity index (χ1) is 15.4. The third-order valence-electron chi connectivity index (χ3n) is 7.66. The zero-order valence-electron chi connectivity index (χ0n) is 18.9. The van der Waals surface area contributed by atoms with E-state index in [-0.39, 0.29) is 30.6 Å². The molecule has 7 heteroatoms. The molecule has 1 aromatic carbocycles. The normalized spacial score (nSPS) is 24.4. The number of ether oxygens (including phenoxy) is 1. The molecule has 1 fully saturated rings. The number of nitrogens with zero attached hydrogens (tertiary/aromatic N) is 3. The lowest BCUT2D eigenvalue weighted by Gasteiger charge is -2.33. The fourth-order valence-corrected chi connectivity index (χ4v) is 5.55. The van der Waals surface area contributed by atoms with Crippen molar-refractivity contribution in [2.24, 2.45) is 18.7 Å². The van der Waals surface area contributed by atoms with Crippen LogP contribution in [0.15, 0.2) is 36.7 Å². The molecule has 2 aromatic rings. The van der Waals surface area contributed by atoms with Crippen molar-refractivity contribution < 1.29 is 14.3 Å². The molecule has 2 unspecified atom stereocenters. The molecule has 1 aliphatic heterocycles. The summed E-state index contributed by atoms with van der Waals surface area (Å²) in [6, 6.07) is 8.16. The minimum atomic E-state index is -0.822. The van der Waals surface area contributed by atoms with Crippen LogP contribution in [0.5, 0.6) is 0 Å². The summed E-state index contributed by atoms with van der Waals surface area (Å²) in [6.07, 6.45) is 9.06. The minimum absolute atomic E-state index is 0.0156. The molecular weight excluding hydrogens is 404 g/mol. The Labute approximate surface area is 188 Å². The number of para-hydroxylation sites is 1. The third-order valence-corrected chi connectivity index (χ3v) is 7.66. The number of benzene rings is 1. The maximum absolute atomic E-state index is 13.5. The summed E-state index contributed by atoms with van der Waals surface area (Å²) >= 11 is 0. The van der Waals surface area contributed by atoms with Gasteiger partial charge in [0, 0.05) is 54.1 Å². The first kappa shape index (κ1) is 21.1. The second-order valence-corrected chi connectivity index (χ2v) is 9.56. The molecule has 2 aliphatic carbocycles. The Morgan fingerprint density at radius 3 is 2.69 bits per heavy atom. The summed E-state index contributed by atoms with van der Waals surface area (Å²) in [7, 11) is 2.05. The van der Waals surface area contributed by atoms with Crippen molar-refractivity contribution >= 4 is 22.7 Å². The number of fused-ring (bicyclic) bond motifs is 3. The van der Waals surface area contributed by atoms with E-state index in [1.807, 2.05) is 29.4 Å². The average molecular weight is 437 g/mol. The molecule has 0 amide bonds.